The molecule has 2 heteroatoms. The van der Waals surface area contributed by atoms with Crippen LogP contribution in [-0.2, 0) is 0 Å². The van der Waals surface area contributed by atoms with Gasteiger partial charge in [-0.1, -0.05) is 37.8 Å². The van der Waals surface area contributed by atoms with Crippen LogP contribution in [0.2, 0.25) is 0 Å². The second-order valence-electron chi connectivity index (χ2n) is 6.07. The molecule has 106 valence electrons. The summed E-state index contributed by atoms with van der Waals surface area (Å²) in [4.78, 5) is 0. The largest absolute Gasteiger partial charge is 0.491 e. The van der Waals surface area contributed by atoms with Crippen molar-refractivity contribution in [1.82, 2.24) is 0 Å². The Balaban J connectivity index is 1.82. The maximum Gasteiger partial charge on any atom is 0.119 e. The first-order chi connectivity index (χ1) is 9.15. The summed E-state index contributed by atoms with van der Waals surface area (Å²) < 4.78 is 5.65. The molecule has 0 aliphatic heterocycles. The van der Waals surface area contributed by atoms with Crippen LogP contribution < -0.4 is 10.5 Å². The minimum atomic E-state index is 0.175. The zero-order valence-electron chi connectivity index (χ0n) is 12.3. The van der Waals surface area contributed by atoms with Crippen LogP contribution >= 0.6 is 0 Å². The number of nitrogens with two attached hydrogens (primary N) is 1. The number of hydrogen-bond donors (Lipinski definition) is 1. The Morgan fingerprint density at radius 1 is 1.16 bits per heavy atom. The molecule has 0 saturated heterocycles. The molecule has 1 fully saturated rings. The van der Waals surface area contributed by atoms with Crippen molar-refractivity contribution in [2.75, 3.05) is 0 Å². The standard InChI is InChI=1S/C17H27NO/c1-13(2)19-16-10-8-15(9-11-16)17(18)12-7-14-5-3-4-6-14/h8-11,13-14,17H,3-7,12,18H2,1-2H3. The van der Waals surface area contributed by atoms with Gasteiger partial charge in [-0.25, -0.2) is 0 Å². The van der Waals surface area contributed by atoms with Gasteiger partial charge in [0, 0.05) is 6.04 Å². The summed E-state index contributed by atoms with van der Waals surface area (Å²) in [5.41, 5.74) is 7.51. The molecule has 1 saturated carbocycles. The Hall–Kier alpha value is -1.02. The van der Waals surface area contributed by atoms with E-state index in [0.29, 0.717) is 0 Å². The monoisotopic (exact) mass is 261 g/mol. The van der Waals surface area contributed by atoms with Crippen molar-refractivity contribution in [3.8, 4) is 5.75 Å². The fourth-order valence-corrected chi connectivity index (χ4v) is 2.95. The summed E-state index contributed by atoms with van der Waals surface area (Å²) in [6.45, 7) is 4.09. The molecule has 1 atom stereocenters. The SMILES string of the molecule is CC(C)Oc1ccc(C(N)CCC2CCCC2)cc1. The molecule has 1 aromatic rings. The molecule has 1 aliphatic carbocycles. The summed E-state index contributed by atoms with van der Waals surface area (Å²) >= 11 is 0. The Bertz CT molecular complexity index is 365. The molecular weight excluding hydrogens is 234 g/mol. The van der Waals surface area contributed by atoms with Gasteiger partial charge in [-0.3, -0.25) is 0 Å². The molecule has 0 spiro atoms. The van der Waals surface area contributed by atoms with E-state index in [2.05, 4.69) is 12.1 Å². The maximum absolute atomic E-state index is 6.28. The number of benzene rings is 1. The lowest BCUT2D eigenvalue weighted by molar-refractivity contribution is 0.242. The first kappa shape index (κ1) is 14.4. The molecule has 19 heavy (non-hydrogen) atoms. The van der Waals surface area contributed by atoms with Crippen molar-refractivity contribution in [2.45, 2.75) is 64.5 Å². The van der Waals surface area contributed by atoms with E-state index in [1.165, 1.54) is 37.7 Å². The molecule has 2 rings (SSSR count). The molecule has 1 unspecified atom stereocenters. The van der Waals surface area contributed by atoms with Crippen LogP contribution in [0.1, 0.15) is 64.0 Å². The Morgan fingerprint density at radius 2 is 1.79 bits per heavy atom. The topological polar surface area (TPSA) is 35.2 Å². The zero-order chi connectivity index (χ0) is 13.7. The van der Waals surface area contributed by atoms with Gasteiger partial charge in [0.1, 0.15) is 5.75 Å². The Labute approximate surface area is 117 Å². The second kappa shape index (κ2) is 6.95. The summed E-state index contributed by atoms with van der Waals surface area (Å²) in [6.07, 6.45) is 8.27. The first-order valence-corrected chi connectivity index (χ1v) is 7.67. The molecule has 0 radical (unpaired) electrons. The van der Waals surface area contributed by atoms with Crippen LogP contribution in [0.4, 0.5) is 0 Å². The average Bonchev–Trinajstić information content (AvgIpc) is 2.89. The van der Waals surface area contributed by atoms with Crippen LogP contribution in [0.5, 0.6) is 5.75 Å². The number of rotatable bonds is 6. The molecule has 0 amide bonds. The van der Waals surface area contributed by atoms with Gasteiger partial charge in [-0.2, -0.15) is 0 Å². The maximum atomic E-state index is 6.28. The van der Waals surface area contributed by atoms with Gasteiger partial charge in [0.15, 0.2) is 0 Å². The third kappa shape index (κ3) is 4.54. The zero-order valence-corrected chi connectivity index (χ0v) is 12.3. The van der Waals surface area contributed by atoms with Crippen molar-refractivity contribution in [3.05, 3.63) is 29.8 Å². The highest BCUT2D eigenvalue weighted by molar-refractivity contribution is 5.29. The van der Waals surface area contributed by atoms with E-state index in [-0.39, 0.29) is 12.1 Å². The van der Waals surface area contributed by atoms with E-state index in [4.69, 9.17) is 10.5 Å². The number of ether oxygens (including phenoxy) is 1. The molecule has 2 N–H and O–H groups in total. The van der Waals surface area contributed by atoms with Crippen molar-refractivity contribution in [1.29, 1.82) is 0 Å². The molecule has 2 nitrogen and oxygen atoms in total. The Morgan fingerprint density at radius 3 is 2.37 bits per heavy atom. The lowest BCUT2D eigenvalue weighted by Gasteiger charge is -2.16. The molecule has 0 aromatic heterocycles. The normalized spacial score (nSPS) is 17.9. The third-order valence-corrected chi connectivity index (χ3v) is 4.04. The van der Waals surface area contributed by atoms with Gasteiger partial charge < -0.3 is 10.5 Å². The summed E-state index contributed by atoms with van der Waals surface area (Å²) in [5, 5.41) is 0. The van der Waals surface area contributed by atoms with Crippen molar-refractivity contribution in [2.24, 2.45) is 11.7 Å². The van der Waals surface area contributed by atoms with Crippen LogP contribution in [0.15, 0.2) is 24.3 Å². The van der Waals surface area contributed by atoms with Gasteiger partial charge in [0.2, 0.25) is 0 Å². The fourth-order valence-electron chi connectivity index (χ4n) is 2.95. The van der Waals surface area contributed by atoms with E-state index in [0.717, 1.165) is 18.1 Å². The summed E-state index contributed by atoms with van der Waals surface area (Å²) in [6, 6.07) is 8.46. The highest BCUT2D eigenvalue weighted by atomic mass is 16.5. The van der Waals surface area contributed by atoms with Crippen molar-refractivity contribution in [3.63, 3.8) is 0 Å². The number of hydrogen-bond acceptors (Lipinski definition) is 2. The van der Waals surface area contributed by atoms with E-state index in [9.17, 15) is 0 Å². The van der Waals surface area contributed by atoms with Gasteiger partial charge in [-0.15, -0.1) is 0 Å². The van der Waals surface area contributed by atoms with E-state index in [1.54, 1.807) is 0 Å². The van der Waals surface area contributed by atoms with Gasteiger partial charge in [-0.05, 0) is 50.3 Å². The molecule has 1 aromatic carbocycles. The van der Waals surface area contributed by atoms with Gasteiger partial charge >= 0.3 is 0 Å². The predicted molar refractivity (Wildman–Crippen MR) is 80.3 cm³/mol. The van der Waals surface area contributed by atoms with E-state index < -0.39 is 0 Å². The molecule has 1 aliphatic rings. The quantitative estimate of drug-likeness (QED) is 0.821. The third-order valence-electron chi connectivity index (χ3n) is 4.04. The van der Waals surface area contributed by atoms with E-state index >= 15 is 0 Å². The highest BCUT2D eigenvalue weighted by Gasteiger charge is 2.16. The van der Waals surface area contributed by atoms with Crippen molar-refractivity contribution < 1.29 is 4.74 Å². The highest BCUT2D eigenvalue weighted by Crippen LogP contribution is 2.31. The van der Waals surface area contributed by atoms with Crippen LogP contribution in [0.3, 0.4) is 0 Å². The van der Waals surface area contributed by atoms with Gasteiger partial charge in [0.25, 0.3) is 0 Å². The van der Waals surface area contributed by atoms with Crippen LogP contribution in [0.25, 0.3) is 0 Å². The van der Waals surface area contributed by atoms with E-state index in [1.807, 2.05) is 26.0 Å². The lowest BCUT2D eigenvalue weighted by Crippen LogP contribution is -2.12. The first-order valence-electron chi connectivity index (χ1n) is 7.67. The average molecular weight is 261 g/mol. The smallest absolute Gasteiger partial charge is 0.119 e. The van der Waals surface area contributed by atoms with Crippen LogP contribution in [-0.4, -0.2) is 6.10 Å². The van der Waals surface area contributed by atoms with Crippen LogP contribution in [0, 0.1) is 5.92 Å². The second-order valence-corrected chi connectivity index (χ2v) is 6.07. The minimum Gasteiger partial charge on any atom is -0.491 e. The van der Waals surface area contributed by atoms with Crippen molar-refractivity contribution >= 4 is 0 Å². The Kier molecular flexibility index (Phi) is 5.26. The summed E-state index contributed by atoms with van der Waals surface area (Å²) in [7, 11) is 0. The fraction of sp³-hybridized carbons (Fsp3) is 0.647. The minimum absolute atomic E-state index is 0.175. The molecule has 0 bridgehead atoms. The predicted octanol–water partition coefficient (Wildman–Crippen LogP) is 4.44. The molecular formula is C17H27NO. The molecule has 0 heterocycles. The van der Waals surface area contributed by atoms with Gasteiger partial charge in [0.05, 0.1) is 6.10 Å². The lowest BCUT2D eigenvalue weighted by atomic mass is 9.95. The summed E-state index contributed by atoms with van der Waals surface area (Å²) in [5.74, 6) is 1.86.